The number of halogens is 1. The lowest BCUT2D eigenvalue weighted by Crippen LogP contribution is -2.41. The largest absolute Gasteiger partial charge is 0.486 e. The van der Waals surface area contributed by atoms with E-state index in [-0.39, 0.29) is 12.5 Å². The Hall–Kier alpha value is -2.45. The lowest BCUT2D eigenvalue weighted by atomic mass is 10.2. The van der Waals surface area contributed by atoms with Gasteiger partial charge in [-0.2, -0.15) is 0 Å². The first kappa shape index (κ1) is 20.3. The summed E-state index contributed by atoms with van der Waals surface area (Å²) >= 11 is 5.88. The molecule has 0 bridgehead atoms. The summed E-state index contributed by atoms with van der Waals surface area (Å²) in [6.07, 6.45) is 1.07. The van der Waals surface area contributed by atoms with Crippen molar-refractivity contribution in [2.75, 3.05) is 37.4 Å². The van der Waals surface area contributed by atoms with Gasteiger partial charge in [-0.3, -0.25) is 9.10 Å². The third-order valence-corrected chi connectivity index (χ3v) is 5.64. The van der Waals surface area contributed by atoms with Gasteiger partial charge < -0.3 is 14.4 Å². The van der Waals surface area contributed by atoms with Crippen molar-refractivity contribution in [1.29, 1.82) is 0 Å². The number of benzene rings is 2. The Kier molecular flexibility index (Phi) is 6.00. The van der Waals surface area contributed by atoms with Crippen LogP contribution in [-0.4, -0.2) is 52.3 Å². The van der Waals surface area contributed by atoms with Gasteiger partial charge in [0.15, 0.2) is 11.5 Å². The number of amides is 1. The summed E-state index contributed by atoms with van der Waals surface area (Å²) in [4.78, 5) is 14.1. The van der Waals surface area contributed by atoms with E-state index < -0.39 is 10.0 Å². The van der Waals surface area contributed by atoms with Crippen LogP contribution in [0.1, 0.15) is 5.56 Å². The molecule has 0 aliphatic carbocycles. The highest BCUT2D eigenvalue weighted by Gasteiger charge is 2.24. The van der Waals surface area contributed by atoms with Crippen LogP contribution in [0.4, 0.5) is 5.69 Å². The van der Waals surface area contributed by atoms with Crippen molar-refractivity contribution in [1.82, 2.24) is 4.90 Å². The van der Waals surface area contributed by atoms with Crippen LogP contribution in [0, 0.1) is 0 Å². The van der Waals surface area contributed by atoms with Gasteiger partial charge in [-0.15, -0.1) is 0 Å². The minimum absolute atomic E-state index is 0.317. The summed E-state index contributed by atoms with van der Waals surface area (Å²) in [7, 11) is -2.05. The van der Waals surface area contributed by atoms with E-state index in [9.17, 15) is 13.2 Å². The number of likely N-dealkylation sites (N-methyl/N-ethyl adjacent to an activating group) is 1. The molecule has 1 aliphatic rings. The highest BCUT2D eigenvalue weighted by atomic mass is 35.5. The molecule has 0 fully saturated rings. The molecule has 7 nitrogen and oxygen atoms in total. The van der Waals surface area contributed by atoms with Crippen LogP contribution >= 0.6 is 11.6 Å². The highest BCUT2D eigenvalue weighted by Crippen LogP contribution is 2.34. The Morgan fingerprint density at radius 1 is 1.07 bits per heavy atom. The second-order valence-electron chi connectivity index (χ2n) is 6.47. The van der Waals surface area contributed by atoms with Gasteiger partial charge in [0.05, 0.1) is 11.9 Å². The van der Waals surface area contributed by atoms with E-state index in [1.54, 1.807) is 37.4 Å². The molecule has 1 aliphatic heterocycles. The molecule has 0 saturated heterocycles. The molecule has 0 saturated carbocycles. The van der Waals surface area contributed by atoms with Crippen molar-refractivity contribution in [2.24, 2.45) is 0 Å². The number of sulfonamides is 1. The van der Waals surface area contributed by atoms with Crippen molar-refractivity contribution in [3.63, 3.8) is 0 Å². The molecule has 150 valence electrons. The van der Waals surface area contributed by atoms with Crippen molar-refractivity contribution in [3.8, 4) is 11.5 Å². The fourth-order valence-electron chi connectivity index (χ4n) is 2.78. The smallest absolute Gasteiger partial charge is 0.243 e. The molecule has 1 amide bonds. The Bertz CT molecular complexity index is 963. The summed E-state index contributed by atoms with van der Waals surface area (Å²) < 4.78 is 36.7. The number of hydrogen-bond donors (Lipinski definition) is 0. The van der Waals surface area contributed by atoms with E-state index in [2.05, 4.69) is 0 Å². The summed E-state index contributed by atoms with van der Waals surface area (Å²) in [6.45, 7) is 0.853. The maximum atomic E-state index is 12.7. The second kappa shape index (κ2) is 8.28. The van der Waals surface area contributed by atoms with Crippen molar-refractivity contribution in [3.05, 3.63) is 53.1 Å². The molecule has 0 N–H and O–H groups in total. The van der Waals surface area contributed by atoms with Crippen LogP contribution in [-0.2, 0) is 21.4 Å². The maximum absolute atomic E-state index is 12.7. The van der Waals surface area contributed by atoms with E-state index in [1.165, 1.54) is 4.90 Å². The summed E-state index contributed by atoms with van der Waals surface area (Å²) in [6, 6.07) is 11.9. The monoisotopic (exact) mass is 424 g/mol. The second-order valence-corrected chi connectivity index (χ2v) is 8.82. The number of nitrogens with zero attached hydrogens (tertiary/aromatic N) is 2. The number of anilines is 1. The van der Waals surface area contributed by atoms with Crippen molar-refractivity contribution >= 4 is 33.2 Å². The summed E-state index contributed by atoms with van der Waals surface area (Å²) in [5.41, 5.74) is 1.24. The van der Waals surface area contributed by atoms with Gasteiger partial charge in [0.1, 0.15) is 19.8 Å². The van der Waals surface area contributed by atoms with Gasteiger partial charge in [-0.1, -0.05) is 23.7 Å². The van der Waals surface area contributed by atoms with Gasteiger partial charge in [0.2, 0.25) is 15.9 Å². The first-order chi connectivity index (χ1) is 13.2. The molecule has 2 aromatic carbocycles. The van der Waals surface area contributed by atoms with Gasteiger partial charge >= 0.3 is 0 Å². The predicted octanol–water partition coefficient (Wildman–Crippen LogP) is 2.54. The molecule has 0 spiro atoms. The lowest BCUT2D eigenvalue weighted by Gasteiger charge is -2.26. The van der Waals surface area contributed by atoms with Crippen molar-refractivity contribution in [2.45, 2.75) is 6.54 Å². The summed E-state index contributed by atoms with van der Waals surface area (Å²) in [5, 5.41) is 0.611. The normalized spacial score (nSPS) is 13.1. The molecular weight excluding hydrogens is 404 g/mol. The maximum Gasteiger partial charge on any atom is 0.243 e. The molecule has 1 heterocycles. The Labute approximate surface area is 169 Å². The van der Waals surface area contributed by atoms with Crippen molar-refractivity contribution < 1.29 is 22.7 Å². The molecule has 2 aromatic rings. The number of carbonyl (C=O) groups is 1. The Balaban J connectivity index is 1.77. The fourth-order valence-corrected chi connectivity index (χ4v) is 3.75. The van der Waals surface area contributed by atoms with Crippen LogP contribution in [0.2, 0.25) is 5.02 Å². The van der Waals surface area contributed by atoms with Crippen LogP contribution in [0.15, 0.2) is 42.5 Å². The first-order valence-electron chi connectivity index (χ1n) is 8.60. The van der Waals surface area contributed by atoms with Crippen LogP contribution < -0.4 is 13.8 Å². The topological polar surface area (TPSA) is 76.2 Å². The number of fused-ring (bicyclic) bond motifs is 1. The SMILES string of the molecule is CN(Cc1ccc(Cl)cc1)C(=O)CN(c1ccc2c(c1)OCCO2)S(C)(=O)=O. The Morgan fingerprint density at radius 2 is 1.71 bits per heavy atom. The van der Waals surface area contributed by atoms with E-state index in [0.717, 1.165) is 16.1 Å². The van der Waals surface area contributed by atoms with Gasteiger partial charge in [0, 0.05) is 24.7 Å². The minimum Gasteiger partial charge on any atom is -0.486 e. The van der Waals surface area contributed by atoms with E-state index in [1.807, 2.05) is 12.1 Å². The summed E-state index contributed by atoms with van der Waals surface area (Å²) in [5.74, 6) is 0.671. The third-order valence-electron chi connectivity index (χ3n) is 4.25. The highest BCUT2D eigenvalue weighted by molar-refractivity contribution is 7.92. The fraction of sp³-hybridized carbons (Fsp3) is 0.316. The lowest BCUT2D eigenvalue weighted by molar-refractivity contribution is -0.128. The quantitative estimate of drug-likeness (QED) is 0.712. The van der Waals surface area contributed by atoms with Crippen LogP contribution in [0.5, 0.6) is 11.5 Å². The zero-order chi connectivity index (χ0) is 20.3. The molecule has 28 heavy (non-hydrogen) atoms. The van der Waals surface area contributed by atoms with Gasteiger partial charge in [-0.05, 0) is 29.8 Å². The van der Waals surface area contributed by atoms with E-state index in [4.69, 9.17) is 21.1 Å². The molecule has 3 rings (SSSR count). The molecule has 0 atom stereocenters. The number of hydrogen-bond acceptors (Lipinski definition) is 5. The zero-order valence-corrected chi connectivity index (χ0v) is 17.2. The van der Waals surface area contributed by atoms with Gasteiger partial charge in [-0.25, -0.2) is 8.42 Å². The molecule has 0 aromatic heterocycles. The van der Waals surface area contributed by atoms with Crippen LogP contribution in [0.25, 0.3) is 0 Å². The molecule has 0 radical (unpaired) electrons. The number of carbonyl (C=O) groups excluding carboxylic acids is 1. The van der Waals surface area contributed by atoms with E-state index in [0.29, 0.717) is 42.0 Å². The average molecular weight is 425 g/mol. The molecule has 9 heteroatoms. The zero-order valence-electron chi connectivity index (χ0n) is 15.6. The molecular formula is C19H21ClN2O5S. The number of rotatable bonds is 6. The van der Waals surface area contributed by atoms with Gasteiger partial charge in [0.25, 0.3) is 0 Å². The first-order valence-corrected chi connectivity index (χ1v) is 10.8. The average Bonchev–Trinajstić information content (AvgIpc) is 2.66. The Morgan fingerprint density at radius 3 is 2.36 bits per heavy atom. The molecule has 0 unspecified atom stereocenters. The third kappa shape index (κ3) is 4.88. The van der Waals surface area contributed by atoms with Crippen LogP contribution in [0.3, 0.4) is 0 Å². The predicted molar refractivity (Wildman–Crippen MR) is 108 cm³/mol. The van der Waals surface area contributed by atoms with E-state index >= 15 is 0 Å². The number of ether oxygens (including phenoxy) is 2. The minimum atomic E-state index is -3.68. The standard InChI is InChI=1S/C19H21ClN2O5S/c1-21(12-14-3-5-15(20)6-4-14)19(23)13-22(28(2,24)25)16-7-8-17-18(11-16)27-10-9-26-17/h3-8,11H,9-10,12-13H2,1-2H3.